The summed E-state index contributed by atoms with van der Waals surface area (Å²) in [5.41, 5.74) is 0. The van der Waals surface area contributed by atoms with Gasteiger partial charge < -0.3 is 15.5 Å². The van der Waals surface area contributed by atoms with Gasteiger partial charge in [-0.3, -0.25) is 19.8 Å². The van der Waals surface area contributed by atoms with Crippen molar-refractivity contribution in [2.75, 3.05) is 38.2 Å². The Kier molecular flexibility index (Phi) is 6.29. The molecule has 0 aliphatic carbocycles. The minimum Gasteiger partial charge on any atom is -0.395 e. The smallest absolute Gasteiger partial charge is 0.345 e. The van der Waals surface area contributed by atoms with Crippen molar-refractivity contribution in [3.8, 4) is 0 Å². The second kappa shape index (κ2) is 7.74. The summed E-state index contributed by atoms with van der Waals surface area (Å²) in [6.45, 7) is 0.221. The zero-order valence-electron chi connectivity index (χ0n) is 9.98. The molecule has 0 aromatic carbocycles. The molecule has 1 aromatic rings. The van der Waals surface area contributed by atoms with Crippen molar-refractivity contribution in [3.05, 3.63) is 16.3 Å². The number of carbonyl (C=O) groups excluding carboxylic acids is 1. The minimum atomic E-state index is -0.586. The van der Waals surface area contributed by atoms with Crippen molar-refractivity contribution < 1.29 is 19.9 Å². The second-order valence-electron chi connectivity index (χ2n) is 3.53. The zero-order valence-corrected chi connectivity index (χ0v) is 10.8. The zero-order chi connectivity index (χ0) is 14.3. The van der Waals surface area contributed by atoms with Gasteiger partial charge in [-0.2, -0.15) is 0 Å². The van der Waals surface area contributed by atoms with Crippen LogP contribution >= 0.6 is 11.3 Å². The van der Waals surface area contributed by atoms with Gasteiger partial charge in [0.15, 0.2) is 5.13 Å². The van der Waals surface area contributed by atoms with E-state index in [2.05, 4.69) is 10.3 Å². The van der Waals surface area contributed by atoms with Gasteiger partial charge in [0, 0.05) is 13.1 Å². The molecule has 1 heterocycles. The van der Waals surface area contributed by atoms with Crippen LogP contribution in [0.25, 0.3) is 0 Å². The van der Waals surface area contributed by atoms with Crippen LogP contribution < -0.4 is 5.32 Å². The maximum atomic E-state index is 11.6. The number of nitrogens with one attached hydrogen (secondary N) is 1. The van der Waals surface area contributed by atoms with Gasteiger partial charge in [-0.15, -0.1) is 0 Å². The number of carbonyl (C=O) groups is 1. The molecule has 9 nitrogen and oxygen atoms in total. The van der Waals surface area contributed by atoms with Crippen molar-refractivity contribution >= 4 is 27.4 Å². The lowest BCUT2D eigenvalue weighted by Crippen LogP contribution is -2.37. The lowest BCUT2D eigenvalue weighted by atomic mass is 10.4. The quantitative estimate of drug-likeness (QED) is 0.425. The topological polar surface area (TPSA) is 129 Å². The van der Waals surface area contributed by atoms with Gasteiger partial charge in [-0.05, 0) is 11.3 Å². The Hall–Kier alpha value is -1.62. The third-order valence-electron chi connectivity index (χ3n) is 2.12. The van der Waals surface area contributed by atoms with Crippen LogP contribution in [0.3, 0.4) is 0 Å². The molecule has 1 aromatic heterocycles. The summed E-state index contributed by atoms with van der Waals surface area (Å²) >= 11 is 0.764. The first-order chi connectivity index (χ1) is 9.06. The molecular formula is C9H14N4O5S. The summed E-state index contributed by atoms with van der Waals surface area (Å²) < 4.78 is 0. The number of rotatable bonds is 8. The van der Waals surface area contributed by atoms with E-state index in [4.69, 9.17) is 10.2 Å². The molecule has 0 radical (unpaired) electrons. The number of amides is 1. The highest BCUT2D eigenvalue weighted by Gasteiger charge is 2.15. The number of aliphatic hydroxyl groups is 2. The number of nitrogens with zero attached hydrogens (tertiary/aromatic N) is 3. The van der Waals surface area contributed by atoms with Crippen molar-refractivity contribution in [2.24, 2.45) is 0 Å². The van der Waals surface area contributed by atoms with Crippen molar-refractivity contribution in [3.63, 3.8) is 0 Å². The van der Waals surface area contributed by atoms with Gasteiger partial charge in [0.25, 0.3) is 0 Å². The van der Waals surface area contributed by atoms with Crippen LogP contribution in [0.5, 0.6) is 0 Å². The Labute approximate surface area is 112 Å². The van der Waals surface area contributed by atoms with E-state index < -0.39 is 10.8 Å². The van der Waals surface area contributed by atoms with Crippen molar-refractivity contribution in [2.45, 2.75) is 0 Å². The molecule has 106 valence electrons. The van der Waals surface area contributed by atoms with Gasteiger partial charge in [0.2, 0.25) is 5.91 Å². The SMILES string of the molecule is O=C(CN(CCO)CCO)Nc1ncc([N+](=O)[O-])s1. The molecule has 1 amide bonds. The number of aliphatic hydroxyl groups excluding tert-OH is 2. The number of nitro groups is 1. The molecule has 3 N–H and O–H groups in total. The molecule has 0 atom stereocenters. The lowest BCUT2D eigenvalue weighted by Gasteiger charge is -2.18. The molecule has 1 rings (SSSR count). The highest BCUT2D eigenvalue weighted by atomic mass is 32.1. The fraction of sp³-hybridized carbons (Fsp3) is 0.556. The van der Waals surface area contributed by atoms with Gasteiger partial charge in [-0.1, -0.05) is 0 Å². The van der Waals surface area contributed by atoms with Crippen molar-refractivity contribution in [1.82, 2.24) is 9.88 Å². The van der Waals surface area contributed by atoms with Crippen LogP contribution in [-0.4, -0.2) is 63.8 Å². The number of thiazole rings is 1. The Bertz CT molecular complexity index is 432. The summed E-state index contributed by atoms with van der Waals surface area (Å²) in [6.07, 6.45) is 1.07. The van der Waals surface area contributed by atoms with Crippen LogP contribution in [0, 0.1) is 10.1 Å². The molecule has 0 saturated heterocycles. The van der Waals surface area contributed by atoms with Gasteiger partial charge in [-0.25, -0.2) is 4.98 Å². The van der Waals surface area contributed by atoms with E-state index in [9.17, 15) is 14.9 Å². The number of anilines is 1. The maximum Gasteiger partial charge on any atom is 0.345 e. The van der Waals surface area contributed by atoms with E-state index in [1.54, 1.807) is 4.90 Å². The minimum absolute atomic E-state index is 0.0332. The Balaban J connectivity index is 2.50. The van der Waals surface area contributed by atoms with Crippen LogP contribution in [-0.2, 0) is 4.79 Å². The summed E-state index contributed by atoms with van der Waals surface area (Å²) in [4.78, 5) is 26.8. The molecular weight excluding hydrogens is 276 g/mol. The molecule has 0 fully saturated rings. The standard InChI is InChI=1S/C9H14N4O5S/c14-3-1-12(2-4-15)6-7(16)11-9-10-5-8(19-9)13(17)18/h5,14-15H,1-4,6H2,(H,10,11,16). The van der Waals surface area contributed by atoms with Crippen molar-refractivity contribution in [1.29, 1.82) is 0 Å². The molecule has 0 saturated carbocycles. The average Bonchev–Trinajstić information content (AvgIpc) is 2.78. The molecule has 0 aliphatic heterocycles. The molecule has 0 bridgehead atoms. The first-order valence-electron chi connectivity index (χ1n) is 5.41. The number of aromatic nitrogens is 1. The maximum absolute atomic E-state index is 11.6. The normalized spacial score (nSPS) is 10.7. The third kappa shape index (κ3) is 5.26. The van der Waals surface area contributed by atoms with E-state index in [1.165, 1.54) is 0 Å². The second-order valence-corrected chi connectivity index (χ2v) is 4.54. The predicted octanol–water partition coefficient (Wildman–Crippen LogP) is -0.724. The Morgan fingerprint density at radius 1 is 1.47 bits per heavy atom. The van der Waals surface area contributed by atoms with E-state index in [1.807, 2.05) is 0 Å². The largest absolute Gasteiger partial charge is 0.395 e. The fourth-order valence-corrected chi connectivity index (χ4v) is 1.97. The molecule has 0 spiro atoms. The van der Waals surface area contributed by atoms with E-state index in [0.717, 1.165) is 17.5 Å². The molecule has 0 aliphatic rings. The first-order valence-corrected chi connectivity index (χ1v) is 6.22. The lowest BCUT2D eigenvalue weighted by molar-refractivity contribution is -0.380. The van der Waals surface area contributed by atoms with Gasteiger partial charge >= 0.3 is 5.00 Å². The monoisotopic (exact) mass is 290 g/mol. The van der Waals surface area contributed by atoms with Gasteiger partial charge in [0.05, 0.1) is 24.7 Å². The van der Waals surface area contributed by atoms with Crippen LogP contribution in [0.4, 0.5) is 10.1 Å². The highest BCUT2D eigenvalue weighted by Crippen LogP contribution is 2.24. The molecule has 19 heavy (non-hydrogen) atoms. The predicted molar refractivity (Wildman–Crippen MR) is 68.0 cm³/mol. The Morgan fingerprint density at radius 3 is 2.58 bits per heavy atom. The first kappa shape index (κ1) is 15.4. The van der Waals surface area contributed by atoms with E-state index >= 15 is 0 Å². The van der Waals surface area contributed by atoms with Crippen LogP contribution in [0.1, 0.15) is 0 Å². The number of hydrogen-bond acceptors (Lipinski definition) is 8. The summed E-state index contributed by atoms with van der Waals surface area (Å²) in [7, 11) is 0. The van der Waals surface area contributed by atoms with E-state index in [-0.39, 0.29) is 43.0 Å². The average molecular weight is 290 g/mol. The van der Waals surface area contributed by atoms with E-state index in [0.29, 0.717) is 0 Å². The highest BCUT2D eigenvalue weighted by molar-refractivity contribution is 7.18. The molecule has 10 heteroatoms. The van der Waals surface area contributed by atoms with Gasteiger partial charge in [0.1, 0.15) is 6.20 Å². The summed E-state index contributed by atoms with van der Waals surface area (Å²) in [6, 6.07) is 0. The Morgan fingerprint density at radius 2 is 2.11 bits per heavy atom. The number of hydrogen-bond donors (Lipinski definition) is 3. The van der Waals surface area contributed by atoms with Crippen LogP contribution in [0.2, 0.25) is 0 Å². The van der Waals surface area contributed by atoms with Crippen LogP contribution in [0.15, 0.2) is 6.20 Å². The molecule has 0 unspecified atom stereocenters. The fourth-order valence-electron chi connectivity index (χ4n) is 1.32. The third-order valence-corrected chi connectivity index (χ3v) is 2.98. The summed E-state index contributed by atoms with van der Waals surface area (Å²) in [5.74, 6) is -0.411. The summed E-state index contributed by atoms with van der Waals surface area (Å²) in [5, 5.41) is 30.4.